The van der Waals surface area contributed by atoms with Crippen molar-refractivity contribution in [3.8, 4) is 11.4 Å². The third-order valence-corrected chi connectivity index (χ3v) is 3.32. The Morgan fingerprint density at radius 2 is 1.86 bits per heavy atom. The molecular weight excluding hydrogens is 276 g/mol. The number of nitrogens with one attached hydrogen (secondary N) is 1. The molecule has 3 rings (SSSR count). The standard InChI is InChI=1S/C17H18N4O/c1-13(2)19-17(22)14-5-6-15(21-10-7-18-12-21)16(11-14)20-8-3-4-9-20/h3-13H,1-2H3,(H,19,22). The lowest BCUT2D eigenvalue weighted by Gasteiger charge is -2.14. The van der Waals surface area contributed by atoms with E-state index in [-0.39, 0.29) is 11.9 Å². The van der Waals surface area contributed by atoms with E-state index in [1.807, 2.05) is 71.9 Å². The van der Waals surface area contributed by atoms with Gasteiger partial charge in [0.05, 0.1) is 17.7 Å². The first-order valence-corrected chi connectivity index (χ1v) is 7.22. The zero-order valence-corrected chi connectivity index (χ0v) is 12.6. The fourth-order valence-corrected chi connectivity index (χ4v) is 2.33. The van der Waals surface area contributed by atoms with Crippen LogP contribution in [0.2, 0.25) is 0 Å². The van der Waals surface area contributed by atoms with E-state index in [1.165, 1.54) is 0 Å². The minimum Gasteiger partial charge on any atom is -0.350 e. The van der Waals surface area contributed by atoms with Gasteiger partial charge in [0, 0.05) is 36.4 Å². The van der Waals surface area contributed by atoms with Gasteiger partial charge < -0.3 is 14.5 Å². The number of hydrogen-bond acceptors (Lipinski definition) is 2. The summed E-state index contributed by atoms with van der Waals surface area (Å²) in [5, 5.41) is 2.92. The molecule has 1 aromatic carbocycles. The molecule has 2 heterocycles. The number of carbonyl (C=O) groups excluding carboxylic acids is 1. The van der Waals surface area contributed by atoms with Crippen LogP contribution in [-0.2, 0) is 0 Å². The van der Waals surface area contributed by atoms with Crippen molar-refractivity contribution < 1.29 is 4.79 Å². The zero-order valence-electron chi connectivity index (χ0n) is 12.6. The maximum absolute atomic E-state index is 12.2. The number of amides is 1. The van der Waals surface area contributed by atoms with Crippen molar-refractivity contribution in [3.05, 3.63) is 67.0 Å². The molecule has 0 aliphatic carbocycles. The number of imidazole rings is 1. The van der Waals surface area contributed by atoms with Crippen LogP contribution in [0.15, 0.2) is 61.4 Å². The highest BCUT2D eigenvalue weighted by Gasteiger charge is 2.12. The number of benzene rings is 1. The van der Waals surface area contributed by atoms with E-state index in [4.69, 9.17) is 0 Å². The zero-order chi connectivity index (χ0) is 15.5. The monoisotopic (exact) mass is 294 g/mol. The molecule has 22 heavy (non-hydrogen) atoms. The molecule has 1 N–H and O–H groups in total. The molecule has 0 atom stereocenters. The molecule has 0 aliphatic heterocycles. The lowest BCUT2D eigenvalue weighted by molar-refractivity contribution is 0.0943. The fourth-order valence-electron chi connectivity index (χ4n) is 2.33. The smallest absolute Gasteiger partial charge is 0.251 e. The SMILES string of the molecule is CC(C)NC(=O)c1ccc(-n2ccnc2)c(-n2cccc2)c1. The van der Waals surface area contributed by atoms with Crippen molar-refractivity contribution in [2.45, 2.75) is 19.9 Å². The van der Waals surface area contributed by atoms with Gasteiger partial charge in [-0.15, -0.1) is 0 Å². The molecule has 0 aliphatic rings. The number of nitrogens with zero attached hydrogens (tertiary/aromatic N) is 3. The molecule has 5 heteroatoms. The Kier molecular flexibility index (Phi) is 3.78. The van der Waals surface area contributed by atoms with Crippen LogP contribution in [0.1, 0.15) is 24.2 Å². The molecule has 1 amide bonds. The maximum atomic E-state index is 12.2. The highest BCUT2D eigenvalue weighted by molar-refractivity contribution is 5.95. The van der Waals surface area contributed by atoms with Crippen molar-refractivity contribution in [1.29, 1.82) is 0 Å². The topological polar surface area (TPSA) is 51.9 Å². The summed E-state index contributed by atoms with van der Waals surface area (Å²) in [6, 6.07) is 9.69. The van der Waals surface area contributed by atoms with E-state index < -0.39 is 0 Å². The van der Waals surface area contributed by atoms with Gasteiger partial charge in [0.1, 0.15) is 0 Å². The van der Waals surface area contributed by atoms with Gasteiger partial charge >= 0.3 is 0 Å². The molecular formula is C17H18N4O. The second-order valence-electron chi connectivity index (χ2n) is 5.39. The predicted molar refractivity (Wildman–Crippen MR) is 85.5 cm³/mol. The van der Waals surface area contributed by atoms with E-state index in [2.05, 4.69) is 10.3 Å². The summed E-state index contributed by atoms with van der Waals surface area (Å²) < 4.78 is 3.92. The maximum Gasteiger partial charge on any atom is 0.251 e. The minimum atomic E-state index is -0.0689. The van der Waals surface area contributed by atoms with Crippen molar-refractivity contribution in [2.75, 3.05) is 0 Å². The molecule has 0 fully saturated rings. The Morgan fingerprint density at radius 1 is 1.09 bits per heavy atom. The number of carbonyl (C=O) groups is 1. The molecule has 0 spiro atoms. The summed E-state index contributed by atoms with van der Waals surface area (Å²) in [5.74, 6) is -0.0689. The molecule has 3 aromatic rings. The lowest BCUT2D eigenvalue weighted by Crippen LogP contribution is -2.30. The van der Waals surface area contributed by atoms with E-state index in [0.29, 0.717) is 5.56 Å². The van der Waals surface area contributed by atoms with E-state index in [9.17, 15) is 4.79 Å². The quantitative estimate of drug-likeness (QED) is 0.804. The van der Waals surface area contributed by atoms with Crippen LogP contribution in [-0.4, -0.2) is 26.1 Å². The summed E-state index contributed by atoms with van der Waals surface area (Å²) in [4.78, 5) is 16.3. The summed E-state index contributed by atoms with van der Waals surface area (Å²) in [6.07, 6.45) is 9.28. The van der Waals surface area contributed by atoms with Crippen LogP contribution >= 0.6 is 0 Å². The van der Waals surface area contributed by atoms with Crippen molar-refractivity contribution in [3.63, 3.8) is 0 Å². The van der Waals surface area contributed by atoms with Gasteiger partial charge in [0.2, 0.25) is 0 Å². The predicted octanol–water partition coefficient (Wildman–Crippen LogP) is 2.80. The first kappa shape index (κ1) is 14.1. The highest BCUT2D eigenvalue weighted by atomic mass is 16.1. The summed E-state index contributed by atoms with van der Waals surface area (Å²) >= 11 is 0. The largest absolute Gasteiger partial charge is 0.350 e. The van der Waals surface area contributed by atoms with Crippen LogP contribution in [0, 0.1) is 0 Å². The highest BCUT2D eigenvalue weighted by Crippen LogP contribution is 2.21. The van der Waals surface area contributed by atoms with Gasteiger partial charge in [-0.1, -0.05) is 0 Å². The average molecular weight is 294 g/mol. The van der Waals surface area contributed by atoms with E-state index in [1.54, 1.807) is 12.5 Å². The number of aromatic nitrogens is 3. The molecule has 0 saturated heterocycles. The third kappa shape index (κ3) is 2.79. The van der Waals surface area contributed by atoms with Gasteiger partial charge in [-0.25, -0.2) is 4.98 Å². The molecule has 2 aromatic heterocycles. The third-order valence-electron chi connectivity index (χ3n) is 3.32. The van der Waals surface area contributed by atoms with Gasteiger partial charge in [-0.2, -0.15) is 0 Å². The normalized spacial score (nSPS) is 10.9. The second kappa shape index (κ2) is 5.89. The fraction of sp³-hybridized carbons (Fsp3) is 0.176. The molecule has 112 valence electrons. The van der Waals surface area contributed by atoms with E-state index in [0.717, 1.165) is 11.4 Å². The molecule has 5 nitrogen and oxygen atoms in total. The Balaban J connectivity index is 2.08. The van der Waals surface area contributed by atoms with E-state index >= 15 is 0 Å². The minimum absolute atomic E-state index is 0.0689. The molecule has 0 bridgehead atoms. The Hall–Kier alpha value is -2.82. The Bertz CT molecular complexity index is 758. The number of rotatable bonds is 4. The Labute approximate surface area is 129 Å². The lowest BCUT2D eigenvalue weighted by atomic mass is 10.1. The Morgan fingerprint density at radius 3 is 2.50 bits per heavy atom. The first-order valence-electron chi connectivity index (χ1n) is 7.22. The molecule has 0 saturated carbocycles. The average Bonchev–Trinajstić information content (AvgIpc) is 3.19. The molecule has 0 radical (unpaired) electrons. The number of hydrogen-bond donors (Lipinski definition) is 1. The summed E-state index contributed by atoms with van der Waals surface area (Å²) in [5.41, 5.74) is 2.54. The van der Waals surface area contributed by atoms with Crippen LogP contribution in [0.25, 0.3) is 11.4 Å². The van der Waals surface area contributed by atoms with Crippen molar-refractivity contribution in [1.82, 2.24) is 19.4 Å². The van der Waals surface area contributed by atoms with Crippen LogP contribution in [0.3, 0.4) is 0 Å². The van der Waals surface area contributed by atoms with Gasteiger partial charge in [0.15, 0.2) is 0 Å². The second-order valence-corrected chi connectivity index (χ2v) is 5.39. The van der Waals surface area contributed by atoms with Crippen molar-refractivity contribution in [2.24, 2.45) is 0 Å². The van der Waals surface area contributed by atoms with Crippen LogP contribution < -0.4 is 5.32 Å². The molecule has 0 unspecified atom stereocenters. The van der Waals surface area contributed by atoms with Crippen LogP contribution in [0.4, 0.5) is 0 Å². The summed E-state index contributed by atoms with van der Waals surface area (Å²) in [7, 11) is 0. The van der Waals surface area contributed by atoms with Gasteiger partial charge in [-0.3, -0.25) is 4.79 Å². The van der Waals surface area contributed by atoms with Gasteiger partial charge in [0.25, 0.3) is 5.91 Å². The van der Waals surface area contributed by atoms with Gasteiger partial charge in [-0.05, 0) is 44.2 Å². The first-order chi connectivity index (χ1) is 10.6. The summed E-state index contributed by atoms with van der Waals surface area (Å²) in [6.45, 7) is 3.90. The van der Waals surface area contributed by atoms with Crippen LogP contribution in [0.5, 0.6) is 0 Å². The van der Waals surface area contributed by atoms with Crippen molar-refractivity contribution >= 4 is 5.91 Å².